The van der Waals surface area contributed by atoms with E-state index in [0.29, 0.717) is 12.0 Å². The fourth-order valence-electron chi connectivity index (χ4n) is 1.58. The monoisotopic (exact) mass is 377 g/mol. The van der Waals surface area contributed by atoms with Crippen molar-refractivity contribution in [3.05, 3.63) is 54.8 Å². The summed E-state index contributed by atoms with van der Waals surface area (Å²) < 4.78 is 15.5. The molecule has 17 heavy (non-hydrogen) atoms. The van der Waals surface area contributed by atoms with Crippen molar-refractivity contribution in [1.82, 2.24) is 0 Å². The molecular formula is C12H10Br2FNS. The summed E-state index contributed by atoms with van der Waals surface area (Å²) in [4.78, 5) is 1.14. The van der Waals surface area contributed by atoms with Crippen LogP contribution in [0.4, 0.5) is 4.39 Å². The molecule has 0 fully saturated rings. The Bertz CT molecular complexity index is 527. The van der Waals surface area contributed by atoms with Gasteiger partial charge in [-0.3, -0.25) is 0 Å². The van der Waals surface area contributed by atoms with E-state index in [2.05, 4.69) is 31.9 Å². The molecule has 1 unspecified atom stereocenters. The minimum absolute atomic E-state index is 0.264. The highest BCUT2D eigenvalue weighted by Crippen LogP contribution is 2.28. The molecule has 0 amide bonds. The van der Waals surface area contributed by atoms with E-state index in [1.54, 1.807) is 17.4 Å². The molecule has 0 aliphatic heterocycles. The Morgan fingerprint density at radius 1 is 1.29 bits per heavy atom. The predicted molar refractivity (Wildman–Crippen MR) is 76.8 cm³/mol. The number of hydrogen-bond acceptors (Lipinski definition) is 2. The summed E-state index contributed by atoms with van der Waals surface area (Å²) in [7, 11) is 0. The van der Waals surface area contributed by atoms with E-state index in [9.17, 15) is 4.39 Å². The molecule has 0 aliphatic rings. The molecule has 5 heteroatoms. The van der Waals surface area contributed by atoms with E-state index < -0.39 is 0 Å². The zero-order valence-corrected chi connectivity index (χ0v) is 12.8. The first kappa shape index (κ1) is 13.2. The minimum Gasteiger partial charge on any atom is -0.324 e. The first-order chi connectivity index (χ1) is 8.08. The van der Waals surface area contributed by atoms with Crippen molar-refractivity contribution in [3.8, 4) is 0 Å². The molecule has 0 radical (unpaired) electrons. The van der Waals surface area contributed by atoms with Crippen molar-refractivity contribution in [1.29, 1.82) is 0 Å². The maximum atomic E-state index is 13.7. The number of benzene rings is 1. The number of halogens is 3. The van der Waals surface area contributed by atoms with E-state index in [1.807, 2.05) is 17.5 Å². The van der Waals surface area contributed by atoms with E-state index in [0.717, 1.165) is 13.8 Å². The topological polar surface area (TPSA) is 26.0 Å². The number of nitrogens with two attached hydrogens (primary N) is 1. The van der Waals surface area contributed by atoms with Crippen LogP contribution in [-0.4, -0.2) is 0 Å². The van der Waals surface area contributed by atoms with Crippen LogP contribution >= 0.6 is 43.2 Å². The summed E-state index contributed by atoms with van der Waals surface area (Å²) in [6.45, 7) is 0. The van der Waals surface area contributed by atoms with Crippen molar-refractivity contribution >= 4 is 43.2 Å². The van der Waals surface area contributed by atoms with Gasteiger partial charge in [-0.2, -0.15) is 0 Å². The number of thiophene rings is 1. The highest BCUT2D eigenvalue weighted by atomic mass is 79.9. The summed E-state index contributed by atoms with van der Waals surface area (Å²) in [5, 5.41) is 1.99. The van der Waals surface area contributed by atoms with Crippen LogP contribution < -0.4 is 5.73 Å². The highest BCUT2D eigenvalue weighted by Gasteiger charge is 2.14. The third kappa shape index (κ3) is 3.16. The second-order valence-electron chi connectivity index (χ2n) is 3.67. The van der Waals surface area contributed by atoms with Crippen LogP contribution in [0.25, 0.3) is 0 Å². The lowest BCUT2D eigenvalue weighted by Gasteiger charge is -2.12. The molecule has 0 bridgehead atoms. The number of rotatable bonds is 3. The smallest absolute Gasteiger partial charge is 0.129 e. The Morgan fingerprint density at radius 2 is 2.06 bits per heavy atom. The maximum Gasteiger partial charge on any atom is 0.129 e. The Balaban J connectivity index is 2.20. The average molecular weight is 379 g/mol. The van der Waals surface area contributed by atoms with Crippen LogP contribution in [0.2, 0.25) is 0 Å². The third-order valence-corrected chi connectivity index (χ3v) is 4.90. The van der Waals surface area contributed by atoms with Gasteiger partial charge in [0.1, 0.15) is 5.82 Å². The highest BCUT2D eigenvalue weighted by molar-refractivity contribution is 9.10. The van der Waals surface area contributed by atoms with Gasteiger partial charge in [-0.05, 0) is 39.5 Å². The lowest BCUT2D eigenvalue weighted by molar-refractivity contribution is 0.580. The van der Waals surface area contributed by atoms with Gasteiger partial charge in [0, 0.05) is 31.8 Å². The van der Waals surface area contributed by atoms with Crippen LogP contribution in [0.1, 0.15) is 16.5 Å². The molecule has 1 aromatic heterocycles. The SMILES string of the molecule is NC(Cc1sccc1Br)c1ccc(Br)cc1F. The molecule has 0 spiro atoms. The first-order valence-electron chi connectivity index (χ1n) is 5.00. The molecule has 0 saturated heterocycles. The second kappa shape index (κ2) is 5.61. The van der Waals surface area contributed by atoms with Crippen LogP contribution in [0, 0.1) is 5.82 Å². The normalized spacial score (nSPS) is 12.7. The van der Waals surface area contributed by atoms with Crippen molar-refractivity contribution in [3.63, 3.8) is 0 Å². The summed E-state index contributed by atoms with van der Waals surface area (Å²) in [6, 6.07) is 6.63. The molecule has 2 N–H and O–H groups in total. The predicted octanol–water partition coefficient (Wildman–Crippen LogP) is 4.65. The molecule has 1 aromatic carbocycles. The summed E-state index contributed by atoms with van der Waals surface area (Å²) in [6.07, 6.45) is 0.636. The van der Waals surface area contributed by atoms with Gasteiger partial charge in [0.2, 0.25) is 0 Å². The van der Waals surface area contributed by atoms with Gasteiger partial charge < -0.3 is 5.73 Å². The molecular weight excluding hydrogens is 369 g/mol. The Labute approximate surface area is 120 Å². The maximum absolute atomic E-state index is 13.7. The fourth-order valence-corrected chi connectivity index (χ4v) is 3.49. The molecule has 2 rings (SSSR count). The van der Waals surface area contributed by atoms with Gasteiger partial charge in [0.05, 0.1) is 0 Å². The molecule has 1 nitrogen and oxygen atoms in total. The van der Waals surface area contributed by atoms with Gasteiger partial charge in [0.15, 0.2) is 0 Å². The third-order valence-electron chi connectivity index (χ3n) is 2.46. The Hall–Kier alpha value is -0.230. The lowest BCUT2D eigenvalue weighted by Crippen LogP contribution is -2.14. The molecule has 0 aliphatic carbocycles. The van der Waals surface area contributed by atoms with Gasteiger partial charge in [-0.1, -0.05) is 22.0 Å². The van der Waals surface area contributed by atoms with Gasteiger partial charge in [-0.25, -0.2) is 4.39 Å². The van der Waals surface area contributed by atoms with Crippen molar-refractivity contribution in [2.75, 3.05) is 0 Å². The van der Waals surface area contributed by atoms with Crippen molar-refractivity contribution in [2.24, 2.45) is 5.73 Å². The van der Waals surface area contributed by atoms with Crippen molar-refractivity contribution < 1.29 is 4.39 Å². The average Bonchev–Trinajstić information content (AvgIpc) is 2.64. The van der Waals surface area contributed by atoms with E-state index in [1.165, 1.54) is 6.07 Å². The summed E-state index contributed by atoms with van der Waals surface area (Å²) in [5.41, 5.74) is 6.59. The zero-order chi connectivity index (χ0) is 12.4. The van der Waals surface area contributed by atoms with Gasteiger partial charge >= 0.3 is 0 Å². The second-order valence-corrected chi connectivity index (χ2v) is 6.44. The summed E-state index contributed by atoms with van der Waals surface area (Å²) in [5.74, 6) is -0.264. The largest absolute Gasteiger partial charge is 0.324 e. The fraction of sp³-hybridized carbons (Fsp3) is 0.167. The van der Waals surface area contributed by atoms with Crippen LogP contribution in [0.3, 0.4) is 0 Å². The number of hydrogen-bond donors (Lipinski definition) is 1. The standard InChI is InChI=1S/C12H10Br2FNS/c13-7-1-2-8(10(15)5-7)11(16)6-12-9(14)3-4-17-12/h1-5,11H,6,16H2. The van der Waals surface area contributed by atoms with E-state index >= 15 is 0 Å². The summed E-state index contributed by atoms with van der Waals surface area (Å²) >= 11 is 8.31. The first-order valence-corrected chi connectivity index (χ1v) is 7.47. The lowest BCUT2D eigenvalue weighted by atomic mass is 10.0. The van der Waals surface area contributed by atoms with Crippen molar-refractivity contribution in [2.45, 2.75) is 12.5 Å². The van der Waals surface area contributed by atoms with Gasteiger partial charge in [0.25, 0.3) is 0 Å². The zero-order valence-electron chi connectivity index (χ0n) is 8.79. The minimum atomic E-state index is -0.321. The Kier molecular flexibility index (Phi) is 4.36. The quantitative estimate of drug-likeness (QED) is 0.826. The van der Waals surface area contributed by atoms with Crippen LogP contribution in [-0.2, 0) is 6.42 Å². The molecule has 1 atom stereocenters. The Morgan fingerprint density at radius 3 is 2.65 bits per heavy atom. The van der Waals surface area contributed by atoms with Gasteiger partial charge in [-0.15, -0.1) is 11.3 Å². The molecule has 0 saturated carbocycles. The van der Waals surface area contributed by atoms with E-state index in [-0.39, 0.29) is 11.9 Å². The molecule has 90 valence electrons. The molecule has 2 aromatic rings. The van der Waals surface area contributed by atoms with Crippen LogP contribution in [0.5, 0.6) is 0 Å². The van der Waals surface area contributed by atoms with E-state index in [4.69, 9.17) is 5.73 Å². The molecule has 1 heterocycles. The van der Waals surface area contributed by atoms with Crippen LogP contribution in [0.15, 0.2) is 38.6 Å².